The van der Waals surface area contributed by atoms with Crippen LogP contribution in [0.2, 0.25) is 0 Å². The van der Waals surface area contributed by atoms with Gasteiger partial charge in [-0.1, -0.05) is 30.3 Å². The number of guanidine groups is 1. The Kier molecular flexibility index (Phi) is 10.0. The summed E-state index contributed by atoms with van der Waals surface area (Å²) in [6.45, 7) is 10.9. The van der Waals surface area contributed by atoms with Crippen molar-refractivity contribution in [2.75, 3.05) is 59.4 Å². The number of nitrogens with zero attached hydrogens (tertiary/aromatic N) is 3. The highest BCUT2D eigenvalue weighted by atomic mass is 127. The number of nitrogens with one attached hydrogen (secondary N) is 2. The normalized spacial score (nSPS) is 20.1. The van der Waals surface area contributed by atoms with E-state index in [1.54, 1.807) is 0 Å². The Morgan fingerprint density at radius 2 is 1.86 bits per heavy atom. The first-order valence-corrected chi connectivity index (χ1v) is 10.7. The van der Waals surface area contributed by atoms with Gasteiger partial charge in [0.1, 0.15) is 0 Å². The summed E-state index contributed by atoms with van der Waals surface area (Å²) in [5.41, 5.74) is 1.72. The summed E-state index contributed by atoms with van der Waals surface area (Å²) in [4.78, 5) is 9.95. The molecule has 2 fully saturated rings. The Hall–Kier alpha value is -0.860. The van der Waals surface area contributed by atoms with Crippen LogP contribution in [0.15, 0.2) is 35.3 Å². The fourth-order valence-corrected chi connectivity index (χ4v) is 3.89. The van der Waals surface area contributed by atoms with Crippen molar-refractivity contribution in [3.63, 3.8) is 0 Å². The second-order valence-corrected chi connectivity index (χ2v) is 8.12. The fourth-order valence-electron chi connectivity index (χ4n) is 3.89. The van der Waals surface area contributed by atoms with Gasteiger partial charge in [-0.05, 0) is 64.9 Å². The second kappa shape index (κ2) is 12.0. The van der Waals surface area contributed by atoms with Gasteiger partial charge in [0.2, 0.25) is 0 Å². The molecular formula is C22H38IN5. The number of benzene rings is 1. The molecule has 1 aromatic rings. The monoisotopic (exact) mass is 499 g/mol. The first-order chi connectivity index (χ1) is 13.2. The van der Waals surface area contributed by atoms with Gasteiger partial charge in [-0.3, -0.25) is 4.99 Å². The molecule has 1 saturated heterocycles. The first-order valence-electron chi connectivity index (χ1n) is 10.7. The van der Waals surface area contributed by atoms with Crippen LogP contribution in [0.3, 0.4) is 0 Å². The number of likely N-dealkylation sites (N-methyl/N-ethyl adjacent to an activating group) is 1. The van der Waals surface area contributed by atoms with Crippen LogP contribution in [-0.4, -0.2) is 75.2 Å². The number of hydrogen-bond donors (Lipinski definition) is 2. The molecular weight excluding hydrogens is 461 g/mol. The van der Waals surface area contributed by atoms with Gasteiger partial charge >= 0.3 is 0 Å². The Morgan fingerprint density at radius 3 is 2.57 bits per heavy atom. The molecule has 1 aliphatic carbocycles. The van der Waals surface area contributed by atoms with Gasteiger partial charge in [-0.2, -0.15) is 0 Å². The van der Waals surface area contributed by atoms with Crippen LogP contribution in [0, 0.1) is 0 Å². The van der Waals surface area contributed by atoms with E-state index >= 15 is 0 Å². The molecule has 0 bridgehead atoms. The molecule has 1 aromatic carbocycles. The Labute approximate surface area is 188 Å². The molecule has 28 heavy (non-hydrogen) atoms. The zero-order chi connectivity index (χ0) is 19.0. The maximum Gasteiger partial charge on any atom is 0.191 e. The van der Waals surface area contributed by atoms with Crippen LogP contribution in [0.4, 0.5) is 0 Å². The number of aliphatic imine (C=N–C) groups is 1. The summed E-state index contributed by atoms with van der Waals surface area (Å²) in [5, 5.41) is 6.95. The third-order valence-corrected chi connectivity index (χ3v) is 5.88. The molecule has 158 valence electrons. The van der Waals surface area contributed by atoms with Crippen molar-refractivity contribution >= 4 is 29.9 Å². The predicted molar refractivity (Wildman–Crippen MR) is 130 cm³/mol. The molecule has 0 atom stereocenters. The summed E-state index contributed by atoms with van der Waals surface area (Å²) in [6.07, 6.45) is 4.96. The van der Waals surface area contributed by atoms with Gasteiger partial charge in [0, 0.05) is 31.6 Å². The molecule has 1 saturated carbocycles. The SMILES string of the molecule is CCNC(=NCC1(c2ccccc2)CC1)NCCCN1CCCN(C)CC1.I. The lowest BCUT2D eigenvalue weighted by molar-refractivity contribution is 0.274. The van der Waals surface area contributed by atoms with Crippen LogP contribution in [0.25, 0.3) is 0 Å². The molecule has 0 spiro atoms. The van der Waals surface area contributed by atoms with E-state index in [4.69, 9.17) is 4.99 Å². The minimum absolute atomic E-state index is 0. The van der Waals surface area contributed by atoms with E-state index in [1.807, 2.05) is 0 Å². The van der Waals surface area contributed by atoms with E-state index in [-0.39, 0.29) is 29.4 Å². The van der Waals surface area contributed by atoms with Crippen molar-refractivity contribution in [2.45, 2.75) is 38.0 Å². The van der Waals surface area contributed by atoms with Crippen molar-refractivity contribution in [3.05, 3.63) is 35.9 Å². The summed E-state index contributed by atoms with van der Waals surface area (Å²) in [7, 11) is 2.23. The predicted octanol–water partition coefficient (Wildman–Crippen LogP) is 2.92. The van der Waals surface area contributed by atoms with Crippen molar-refractivity contribution < 1.29 is 0 Å². The van der Waals surface area contributed by atoms with Gasteiger partial charge < -0.3 is 20.4 Å². The van der Waals surface area contributed by atoms with E-state index in [2.05, 4.69) is 64.7 Å². The molecule has 0 amide bonds. The maximum absolute atomic E-state index is 4.91. The van der Waals surface area contributed by atoms with Gasteiger partial charge in [0.25, 0.3) is 0 Å². The summed E-state index contributed by atoms with van der Waals surface area (Å²) >= 11 is 0. The smallest absolute Gasteiger partial charge is 0.191 e. The molecule has 0 radical (unpaired) electrons. The lowest BCUT2D eigenvalue weighted by Crippen LogP contribution is -2.39. The molecule has 1 aliphatic heterocycles. The molecule has 3 rings (SSSR count). The average Bonchev–Trinajstić information content (AvgIpc) is 3.50. The van der Waals surface area contributed by atoms with Crippen LogP contribution in [0.5, 0.6) is 0 Å². The van der Waals surface area contributed by atoms with E-state index in [0.717, 1.165) is 32.0 Å². The van der Waals surface area contributed by atoms with Crippen LogP contribution >= 0.6 is 24.0 Å². The number of halogens is 1. The number of rotatable bonds is 8. The third kappa shape index (κ3) is 7.19. The Bertz CT molecular complexity index is 588. The highest BCUT2D eigenvalue weighted by molar-refractivity contribution is 14.0. The van der Waals surface area contributed by atoms with Crippen molar-refractivity contribution in [1.82, 2.24) is 20.4 Å². The first kappa shape index (κ1) is 23.4. The van der Waals surface area contributed by atoms with E-state index < -0.39 is 0 Å². The molecule has 0 unspecified atom stereocenters. The standard InChI is InChI=1S/C22H37N5.HI/c1-3-23-21(24-13-7-15-27-16-8-14-26(2)17-18-27)25-19-22(11-12-22)20-9-5-4-6-10-20;/h4-6,9-10H,3,7-8,11-19H2,1-2H3,(H2,23,24,25);1H. The van der Waals surface area contributed by atoms with Gasteiger partial charge in [-0.25, -0.2) is 0 Å². The zero-order valence-electron chi connectivity index (χ0n) is 17.6. The molecule has 1 heterocycles. The summed E-state index contributed by atoms with van der Waals surface area (Å²) in [5.74, 6) is 0.968. The average molecular weight is 499 g/mol. The topological polar surface area (TPSA) is 42.9 Å². The molecule has 0 aromatic heterocycles. The maximum atomic E-state index is 4.91. The van der Waals surface area contributed by atoms with E-state index in [0.29, 0.717) is 0 Å². The minimum atomic E-state index is 0. The lowest BCUT2D eigenvalue weighted by Gasteiger charge is -2.20. The fraction of sp³-hybridized carbons (Fsp3) is 0.682. The zero-order valence-corrected chi connectivity index (χ0v) is 20.0. The molecule has 2 aliphatic rings. The van der Waals surface area contributed by atoms with Crippen molar-refractivity contribution in [3.8, 4) is 0 Å². The number of hydrogen-bond acceptors (Lipinski definition) is 3. The van der Waals surface area contributed by atoms with Gasteiger partial charge in [0.15, 0.2) is 5.96 Å². The Balaban J connectivity index is 0.00000280. The second-order valence-electron chi connectivity index (χ2n) is 8.12. The summed E-state index contributed by atoms with van der Waals surface area (Å²) in [6, 6.07) is 10.9. The highest BCUT2D eigenvalue weighted by Gasteiger charge is 2.43. The van der Waals surface area contributed by atoms with Crippen LogP contribution < -0.4 is 10.6 Å². The van der Waals surface area contributed by atoms with Crippen LogP contribution in [0.1, 0.15) is 38.2 Å². The van der Waals surface area contributed by atoms with Crippen molar-refractivity contribution in [2.24, 2.45) is 4.99 Å². The van der Waals surface area contributed by atoms with E-state index in [1.165, 1.54) is 57.5 Å². The summed E-state index contributed by atoms with van der Waals surface area (Å²) < 4.78 is 0. The molecule has 6 heteroatoms. The molecule has 5 nitrogen and oxygen atoms in total. The van der Waals surface area contributed by atoms with Crippen molar-refractivity contribution in [1.29, 1.82) is 0 Å². The van der Waals surface area contributed by atoms with E-state index in [9.17, 15) is 0 Å². The van der Waals surface area contributed by atoms with Gasteiger partial charge in [-0.15, -0.1) is 24.0 Å². The largest absolute Gasteiger partial charge is 0.357 e. The molecule has 2 N–H and O–H groups in total. The Morgan fingerprint density at radius 1 is 1.07 bits per heavy atom. The minimum Gasteiger partial charge on any atom is -0.357 e. The van der Waals surface area contributed by atoms with Gasteiger partial charge in [0.05, 0.1) is 6.54 Å². The lowest BCUT2D eigenvalue weighted by atomic mass is 9.96. The third-order valence-electron chi connectivity index (χ3n) is 5.88. The quantitative estimate of drug-likeness (QED) is 0.250. The van der Waals surface area contributed by atoms with Crippen LogP contribution in [-0.2, 0) is 5.41 Å². The highest BCUT2D eigenvalue weighted by Crippen LogP contribution is 2.48.